The molecule has 0 bridgehead atoms. The summed E-state index contributed by atoms with van der Waals surface area (Å²) < 4.78 is 26.6. The Balaban J connectivity index is 2.21. The summed E-state index contributed by atoms with van der Waals surface area (Å²) in [6.45, 7) is 0. The summed E-state index contributed by atoms with van der Waals surface area (Å²) in [4.78, 5) is 12.2. The number of hydrogen-bond acceptors (Lipinski definition) is 2. The molecule has 0 saturated carbocycles. The van der Waals surface area contributed by atoms with E-state index in [4.69, 9.17) is 11.6 Å². The zero-order chi connectivity index (χ0) is 14.4. The molecule has 0 spiro atoms. The van der Waals surface area contributed by atoms with Crippen LogP contribution in [0.1, 0.15) is 15.9 Å². The molecule has 0 atom stereocenters. The van der Waals surface area contributed by atoms with Gasteiger partial charge in [-0.15, -0.1) is 0 Å². The summed E-state index contributed by atoms with van der Waals surface area (Å²) in [5.74, 6) is -2.78. The highest BCUT2D eigenvalue weighted by molar-refractivity contribution is 6.54. The van der Waals surface area contributed by atoms with Crippen molar-refractivity contribution < 1.29 is 18.3 Å². The summed E-state index contributed by atoms with van der Waals surface area (Å²) >= 11 is 5.91. The molecular formula is C14H6ClF2NO2. The van der Waals surface area contributed by atoms with Crippen molar-refractivity contribution in [3.8, 4) is 0 Å². The van der Waals surface area contributed by atoms with Crippen molar-refractivity contribution in [3.05, 3.63) is 69.4 Å². The summed E-state index contributed by atoms with van der Waals surface area (Å²) in [5, 5.41) is 12.3. The molecule has 0 amide bonds. The molecule has 20 heavy (non-hydrogen) atoms. The Morgan fingerprint density at radius 3 is 2.50 bits per heavy atom. The molecule has 0 unspecified atom stereocenters. The molecule has 0 saturated heterocycles. The molecule has 0 radical (unpaired) electrons. The van der Waals surface area contributed by atoms with E-state index in [9.17, 15) is 18.8 Å². The van der Waals surface area contributed by atoms with Gasteiger partial charge in [0, 0.05) is 6.07 Å². The molecule has 6 heteroatoms. The van der Waals surface area contributed by atoms with E-state index >= 15 is 0 Å². The Bertz CT molecular complexity index is 787. The molecular weight excluding hydrogens is 288 g/mol. The van der Waals surface area contributed by atoms with E-state index in [-0.39, 0.29) is 27.5 Å². The highest BCUT2D eigenvalue weighted by atomic mass is 35.5. The standard InChI is InChI=1S/C14H6ClF2NO2/c15-8-2-1-3-11-12(8)14(19)13(18(11)20)7-4-5-9(16)10(17)6-7/h1-6H. The van der Waals surface area contributed by atoms with Crippen LogP contribution in [-0.4, -0.2) is 16.2 Å². The second kappa shape index (κ2) is 4.38. The predicted molar refractivity (Wildman–Crippen MR) is 69.5 cm³/mol. The van der Waals surface area contributed by atoms with Gasteiger partial charge in [-0.05, 0) is 24.3 Å². The minimum atomic E-state index is -1.13. The Morgan fingerprint density at radius 2 is 1.85 bits per heavy atom. The topological polar surface area (TPSA) is 43.1 Å². The van der Waals surface area contributed by atoms with Crippen LogP contribution >= 0.6 is 11.6 Å². The monoisotopic (exact) mass is 293 g/mol. The fourth-order valence-electron chi connectivity index (χ4n) is 2.13. The number of benzene rings is 2. The third-order valence-electron chi connectivity index (χ3n) is 3.05. The summed E-state index contributed by atoms with van der Waals surface area (Å²) in [6, 6.07) is 7.32. The van der Waals surface area contributed by atoms with Crippen LogP contribution < -0.4 is 0 Å². The first-order valence-electron chi connectivity index (χ1n) is 5.63. The number of fused-ring (bicyclic) bond motifs is 1. The fraction of sp³-hybridized carbons (Fsp3) is 0. The van der Waals surface area contributed by atoms with Crippen molar-refractivity contribution in [1.82, 2.24) is 0 Å². The van der Waals surface area contributed by atoms with Gasteiger partial charge in [-0.2, -0.15) is 4.74 Å². The largest absolute Gasteiger partial charge is 0.618 e. The van der Waals surface area contributed by atoms with Gasteiger partial charge in [-0.3, -0.25) is 4.79 Å². The maximum atomic E-state index is 13.2. The van der Waals surface area contributed by atoms with Gasteiger partial charge in [0.25, 0.3) is 11.5 Å². The maximum Gasteiger partial charge on any atom is 0.273 e. The smallest absolute Gasteiger partial charge is 0.273 e. The van der Waals surface area contributed by atoms with Crippen molar-refractivity contribution >= 4 is 28.8 Å². The van der Waals surface area contributed by atoms with Crippen molar-refractivity contribution in [3.63, 3.8) is 0 Å². The molecule has 0 N–H and O–H groups in total. The van der Waals surface area contributed by atoms with Gasteiger partial charge in [-0.1, -0.05) is 17.7 Å². The first-order chi connectivity index (χ1) is 9.50. The molecule has 2 aromatic rings. The van der Waals surface area contributed by atoms with Crippen LogP contribution in [-0.2, 0) is 0 Å². The van der Waals surface area contributed by atoms with E-state index in [0.29, 0.717) is 4.74 Å². The molecule has 0 fully saturated rings. The Kier molecular flexibility index (Phi) is 2.79. The first-order valence-corrected chi connectivity index (χ1v) is 6.01. The van der Waals surface area contributed by atoms with Gasteiger partial charge in [0.05, 0.1) is 10.6 Å². The second-order valence-electron chi connectivity index (χ2n) is 4.23. The number of Topliss-reactive ketones (excluding diaryl/α,β-unsaturated/α-hetero) is 1. The van der Waals surface area contributed by atoms with E-state index in [1.165, 1.54) is 24.3 Å². The maximum absolute atomic E-state index is 13.2. The van der Waals surface area contributed by atoms with Crippen LogP contribution in [0, 0.1) is 16.8 Å². The van der Waals surface area contributed by atoms with Crippen LogP contribution in [0.2, 0.25) is 5.02 Å². The summed E-state index contributed by atoms with van der Waals surface area (Å²) in [5.41, 5.74) is -0.0886. The number of carbonyl (C=O) groups excluding carboxylic acids is 1. The number of carbonyl (C=O) groups is 1. The third kappa shape index (κ3) is 1.71. The lowest BCUT2D eigenvalue weighted by molar-refractivity contribution is -0.355. The molecule has 3 nitrogen and oxygen atoms in total. The Hall–Kier alpha value is -2.27. The molecule has 0 aliphatic carbocycles. The van der Waals surface area contributed by atoms with Gasteiger partial charge < -0.3 is 5.21 Å². The zero-order valence-electron chi connectivity index (χ0n) is 9.86. The molecule has 100 valence electrons. The van der Waals surface area contributed by atoms with Gasteiger partial charge in [-0.25, -0.2) is 8.78 Å². The van der Waals surface area contributed by atoms with Crippen molar-refractivity contribution in [2.24, 2.45) is 0 Å². The van der Waals surface area contributed by atoms with Crippen LogP contribution in [0.4, 0.5) is 14.5 Å². The Morgan fingerprint density at radius 1 is 1.10 bits per heavy atom. The average molecular weight is 294 g/mol. The number of nitrogens with zero attached hydrogens (tertiary/aromatic N) is 1. The summed E-state index contributed by atoms with van der Waals surface area (Å²) in [7, 11) is 0. The van der Waals surface area contributed by atoms with Crippen LogP contribution in [0.25, 0.3) is 0 Å². The van der Waals surface area contributed by atoms with E-state index in [2.05, 4.69) is 0 Å². The predicted octanol–water partition coefficient (Wildman–Crippen LogP) is 3.45. The fourth-order valence-corrected chi connectivity index (χ4v) is 2.39. The lowest BCUT2D eigenvalue weighted by atomic mass is 10.0. The van der Waals surface area contributed by atoms with Gasteiger partial charge in [0.2, 0.25) is 5.69 Å². The van der Waals surface area contributed by atoms with Gasteiger partial charge in [0.1, 0.15) is 5.56 Å². The zero-order valence-corrected chi connectivity index (χ0v) is 10.6. The number of hydrogen-bond donors (Lipinski definition) is 0. The highest BCUT2D eigenvalue weighted by Crippen LogP contribution is 2.33. The molecule has 1 aliphatic rings. The molecule has 3 rings (SSSR count). The molecule has 2 aromatic carbocycles. The van der Waals surface area contributed by atoms with Gasteiger partial charge in [0.15, 0.2) is 11.6 Å². The normalized spacial score (nSPS) is 13.8. The first kappa shape index (κ1) is 12.7. The van der Waals surface area contributed by atoms with E-state index < -0.39 is 17.4 Å². The quantitative estimate of drug-likeness (QED) is 0.597. The highest BCUT2D eigenvalue weighted by Gasteiger charge is 2.38. The number of rotatable bonds is 1. The van der Waals surface area contributed by atoms with Crippen LogP contribution in [0.5, 0.6) is 0 Å². The molecule has 1 aliphatic heterocycles. The minimum Gasteiger partial charge on any atom is -0.618 e. The van der Waals surface area contributed by atoms with Crippen LogP contribution in [0.3, 0.4) is 0 Å². The lowest BCUT2D eigenvalue weighted by Crippen LogP contribution is -2.17. The number of halogens is 3. The Labute approximate surface area is 117 Å². The van der Waals surface area contributed by atoms with Crippen molar-refractivity contribution in [2.45, 2.75) is 0 Å². The third-order valence-corrected chi connectivity index (χ3v) is 3.36. The average Bonchev–Trinajstić information content (AvgIpc) is 2.67. The second-order valence-corrected chi connectivity index (χ2v) is 4.64. The van der Waals surface area contributed by atoms with E-state index in [1.807, 2.05) is 0 Å². The van der Waals surface area contributed by atoms with Gasteiger partial charge >= 0.3 is 0 Å². The molecule has 1 heterocycles. The van der Waals surface area contributed by atoms with Crippen LogP contribution in [0.15, 0.2) is 36.4 Å². The SMILES string of the molecule is O=C1C(c2ccc(F)c(F)c2)=[N+]([O-])c2cccc(Cl)c21. The lowest BCUT2D eigenvalue weighted by Gasteiger charge is -2.02. The van der Waals surface area contributed by atoms with E-state index in [0.717, 1.165) is 12.1 Å². The molecule has 0 aromatic heterocycles. The van der Waals surface area contributed by atoms with Crippen molar-refractivity contribution in [1.29, 1.82) is 0 Å². The number of ketones is 1. The minimum absolute atomic E-state index is 0.0103. The van der Waals surface area contributed by atoms with E-state index in [1.54, 1.807) is 0 Å². The summed E-state index contributed by atoms with van der Waals surface area (Å²) in [6.07, 6.45) is 0. The van der Waals surface area contributed by atoms with Crippen molar-refractivity contribution in [2.75, 3.05) is 0 Å².